The average molecular weight is 352 g/mol. The molecule has 0 atom stereocenters. The first-order valence-corrected chi connectivity index (χ1v) is 9.59. The highest BCUT2D eigenvalue weighted by molar-refractivity contribution is 7.85. The molecule has 0 fully saturated rings. The van der Waals surface area contributed by atoms with Gasteiger partial charge in [0.1, 0.15) is 0 Å². The lowest BCUT2D eigenvalue weighted by molar-refractivity contribution is 0.483. The van der Waals surface area contributed by atoms with Crippen molar-refractivity contribution in [3.8, 4) is 11.1 Å². The molecule has 25 heavy (non-hydrogen) atoms. The molecule has 0 saturated heterocycles. The zero-order valence-corrected chi connectivity index (χ0v) is 14.8. The summed E-state index contributed by atoms with van der Waals surface area (Å²) in [4.78, 5) is -0.0499. The van der Waals surface area contributed by atoms with Crippen LogP contribution in [0.4, 0.5) is 0 Å². The van der Waals surface area contributed by atoms with Gasteiger partial charge in [-0.05, 0) is 59.7 Å². The van der Waals surface area contributed by atoms with Crippen LogP contribution in [0.2, 0.25) is 0 Å². The van der Waals surface area contributed by atoms with Crippen LogP contribution in [0.1, 0.15) is 16.7 Å². The molecule has 0 saturated carbocycles. The van der Waals surface area contributed by atoms with Crippen molar-refractivity contribution in [2.75, 3.05) is 0 Å². The molecule has 0 aliphatic rings. The summed E-state index contributed by atoms with van der Waals surface area (Å²) in [6.07, 6.45) is 1.52. The predicted molar refractivity (Wildman–Crippen MR) is 100 cm³/mol. The summed E-state index contributed by atoms with van der Waals surface area (Å²) in [5, 5.41) is 0. The summed E-state index contributed by atoms with van der Waals surface area (Å²) in [5.41, 5.74) is 5.49. The Hall–Kier alpha value is -2.43. The van der Waals surface area contributed by atoms with Crippen molar-refractivity contribution in [2.45, 2.75) is 24.7 Å². The lowest BCUT2D eigenvalue weighted by Gasteiger charge is -2.09. The van der Waals surface area contributed by atoms with Crippen molar-refractivity contribution in [1.29, 1.82) is 0 Å². The van der Waals surface area contributed by atoms with Crippen molar-refractivity contribution < 1.29 is 13.0 Å². The van der Waals surface area contributed by atoms with Gasteiger partial charge >= 0.3 is 0 Å². The third-order valence-electron chi connectivity index (χ3n) is 4.34. The van der Waals surface area contributed by atoms with E-state index in [1.54, 1.807) is 12.1 Å². The minimum absolute atomic E-state index is 0.0499. The van der Waals surface area contributed by atoms with Crippen molar-refractivity contribution in [2.24, 2.45) is 0 Å². The number of aryl methyl sites for hydroxylation is 3. The highest BCUT2D eigenvalue weighted by Crippen LogP contribution is 2.22. The number of hydrogen-bond donors (Lipinski definition) is 1. The average Bonchev–Trinajstić information content (AvgIpc) is 2.61. The number of hydrogen-bond acceptors (Lipinski definition) is 2. The molecule has 3 rings (SSSR count). The van der Waals surface area contributed by atoms with Crippen LogP contribution in [0, 0.1) is 6.92 Å². The van der Waals surface area contributed by atoms with Crippen LogP contribution in [0.3, 0.4) is 0 Å². The maximum atomic E-state index is 11.3. The van der Waals surface area contributed by atoms with E-state index in [9.17, 15) is 13.0 Å². The third kappa shape index (κ3) is 4.35. The molecule has 0 aliphatic heterocycles. The molecule has 0 bridgehead atoms. The fourth-order valence-electron chi connectivity index (χ4n) is 2.89. The van der Waals surface area contributed by atoms with Gasteiger partial charge in [0.2, 0.25) is 0 Å². The second-order valence-electron chi connectivity index (χ2n) is 6.13. The fraction of sp³-hybridized carbons (Fsp3) is 0.143. The lowest BCUT2D eigenvalue weighted by Crippen LogP contribution is -2.01. The second kappa shape index (κ2) is 7.21. The van der Waals surface area contributed by atoms with E-state index in [1.165, 1.54) is 22.8 Å². The van der Waals surface area contributed by atoms with Gasteiger partial charge in [0.05, 0.1) is 4.90 Å². The maximum absolute atomic E-state index is 11.3. The Balaban J connectivity index is 1.81. The SMILES string of the molecule is Cc1ccc(S(=O)(=O)O)cc1CCc1cccc(-c2ccccc2)c1. The Morgan fingerprint density at radius 2 is 1.52 bits per heavy atom. The van der Waals surface area contributed by atoms with Gasteiger partial charge in [0.25, 0.3) is 10.1 Å². The molecular formula is C21H20O3S. The molecule has 128 valence electrons. The molecule has 0 amide bonds. The topological polar surface area (TPSA) is 54.4 Å². The molecule has 3 nitrogen and oxygen atoms in total. The Morgan fingerprint density at radius 3 is 2.24 bits per heavy atom. The monoisotopic (exact) mass is 352 g/mol. The molecule has 0 spiro atoms. The maximum Gasteiger partial charge on any atom is 0.294 e. The van der Waals surface area contributed by atoms with Gasteiger partial charge in [-0.25, -0.2) is 0 Å². The zero-order valence-electron chi connectivity index (χ0n) is 14.0. The van der Waals surface area contributed by atoms with Crippen molar-refractivity contribution in [3.05, 3.63) is 89.5 Å². The van der Waals surface area contributed by atoms with Gasteiger partial charge in [0, 0.05) is 0 Å². The van der Waals surface area contributed by atoms with Gasteiger partial charge in [-0.3, -0.25) is 4.55 Å². The Morgan fingerprint density at radius 1 is 0.800 bits per heavy atom. The second-order valence-corrected chi connectivity index (χ2v) is 7.55. The normalized spacial score (nSPS) is 11.4. The van der Waals surface area contributed by atoms with E-state index in [0.29, 0.717) is 6.42 Å². The number of rotatable bonds is 5. The van der Waals surface area contributed by atoms with E-state index in [2.05, 4.69) is 30.3 Å². The molecule has 0 radical (unpaired) electrons. The molecule has 0 heterocycles. The van der Waals surface area contributed by atoms with E-state index in [0.717, 1.165) is 17.5 Å². The van der Waals surface area contributed by atoms with E-state index >= 15 is 0 Å². The van der Waals surface area contributed by atoms with Crippen LogP contribution in [-0.2, 0) is 23.0 Å². The van der Waals surface area contributed by atoms with Gasteiger partial charge in [-0.15, -0.1) is 0 Å². The fourth-order valence-corrected chi connectivity index (χ4v) is 3.42. The molecule has 3 aromatic carbocycles. The Labute approximate surface area is 148 Å². The van der Waals surface area contributed by atoms with Crippen LogP contribution in [0.5, 0.6) is 0 Å². The minimum Gasteiger partial charge on any atom is -0.282 e. The summed E-state index contributed by atoms with van der Waals surface area (Å²) < 4.78 is 31.9. The van der Waals surface area contributed by atoms with Crippen LogP contribution >= 0.6 is 0 Å². The molecule has 0 aliphatic carbocycles. The zero-order chi connectivity index (χ0) is 17.9. The highest BCUT2D eigenvalue weighted by atomic mass is 32.2. The van der Waals surface area contributed by atoms with Crippen LogP contribution in [0.25, 0.3) is 11.1 Å². The third-order valence-corrected chi connectivity index (χ3v) is 5.19. The first-order valence-electron chi connectivity index (χ1n) is 8.15. The van der Waals surface area contributed by atoms with E-state index < -0.39 is 10.1 Å². The standard InChI is InChI=1S/C21H20O3S/c1-16-10-13-21(25(22,23)24)15-19(16)12-11-17-6-5-9-20(14-17)18-7-3-2-4-8-18/h2-10,13-15H,11-12H2,1H3,(H,22,23,24). The summed E-state index contributed by atoms with van der Waals surface area (Å²) in [6.45, 7) is 1.95. The van der Waals surface area contributed by atoms with Crippen LogP contribution in [-0.4, -0.2) is 13.0 Å². The molecular weight excluding hydrogens is 332 g/mol. The van der Waals surface area contributed by atoms with Crippen molar-refractivity contribution in [3.63, 3.8) is 0 Å². The summed E-state index contributed by atoms with van der Waals surface area (Å²) >= 11 is 0. The smallest absolute Gasteiger partial charge is 0.282 e. The Bertz CT molecular complexity index is 977. The van der Waals surface area contributed by atoms with Gasteiger partial charge in [0.15, 0.2) is 0 Å². The first-order chi connectivity index (χ1) is 11.9. The summed E-state index contributed by atoms with van der Waals surface area (Å²) in [6, 6.07) is 23.3. The Kier molecular flexibility index (Phi) is 5.02. The minimum atomic E-state index is -4.17. The van der Waals surface area contributed by atoms with Gasteiger partial charge in [-0.2, -0.15) is 8.42 Å². The lowest BCUT2D eigenvalue weighted by atomic mass is 9.97. The first kappa shape index (κ1) is 17.4. The molecule has 4 heteroatoms. The van der Waals surface area contributed by atoms with Crippen molar-refractivity contribution in [1.82, 2.24) is 0 Å². The molecule has 1 N–H and O–H groups in total. The molecule has 3 aromatic rings. The quantitative estimate of drug-likeness (QED) is 0.678. The summed E-state index contributed by atoms with van der Waals surface area (Å²) in [7, 11) is -4.17. The predicted octanol–water partition coefficient (Wildman–Crippen LogP) is 4.69. The van der Waals surface area contributed by atoms with E-state index in [1.807, 2.05) is 31.2 Å². The van der Waals surface area contributed by atoms with Gasteiger partial charge < -0.3 is 0 Å². The van der Waals surface area contributed by atoms with E-state index in [-0.39, 0.29) is 4.90 Å². The highest BCUT2D eigenvalue weighted by Gasteiger charge is 2.11. The molecule has 0 unspecified atom stereocenters. The van der Waals surface area contributed by atoms with Crippen LogP contribution in [0.15, 0.2) is 77.7 Å². The number of benzene rings is 3. The van der Waals surface area contributed by atoms with Crippen LogP contribution < -0.4 is 0 Å². The summed E-state index contributed by atoms with van der Waals surface area (Å²) in [5.74, 6) is 0. The van der Waals surface area contributed by atoms with Crippen molar-refractivity contribution >= 4 is 10.1 Å². The van der Waals surface area contributed by atoms with E-state index in [4.69, 9.17) is 0 Å². The largest absolute Gasteiger partial charge is 0.294 e. The van der Waals surface area contributed by atoms with Gasteiger partial charge in [-0.1, -0.05) is 60.7 Å². The molecule has 0 aromatic heterocycles.